The van der Waals surface area contributed by atoms with Crippen molar-refractivity contribution in [1.82, 2.24) is 5.32 Å². The Bertz CT molecular complexity index is 417. The Morgan fingerprint density at radius 3 is 2.84 bits per heavy atom. The third-order valence-electron chi connectivity index (χ3n) is 3.72. The van der Waals surface area contributed by atoms with Gasteiger partial charge in [-0.15, -0.1) is 11.8 Å². The molecule has 1 heterocycles. The van der Waals surface area contributed by atoms with E-state index in [9.17, 15) is 0 Å². The molecular formula is C16H25NS2. The van der Waals surface area contributed by atoms with Gasteiger partial charge in [0.05, 0.1) is 0 Å². The molecule has 1 nitrogen and oxygen atoms in total. The molecule has 0 amide bonds. The first kappa shape index (κ1) is 15.3. The molecular weight excluding hydrogens is 270 g/mol. The zero-order valence-electron chi connectivity index (χ0n) is 12.4. The predicted octanol–water partition coefficient (Wildman–Crippen LogP) is 4.72. The molecule has 106 valence electrons. The van der Waals surface area contributed by atoms with Crippen LogP contribution in [0.5, 0.6) is 0 Å². The summed E-state index contributed by atoms with van der Waals surface area (Å²) in [6.07, 6.45) is 3.36. The van der Waals surface area contributed by atoms with E-state index < -0.39 is 0 Å². The van der Waals surface area contributed by atoms with Gasteiger partial charge in [0.2, 0.25) is 0 Å². The highest BCUT2D eigenvalue weighted by Gasteiger charge is 2.31. The van der Waals surface area contributed by atoms with E-state index in [-0.39, 0.29) is 0 Å². The summed E-state index contributed by atoms with van der Waals surface area (Å²) in [6.45, 7) is 8.05. The van der Waals surface area contributed by atoms with Crippen molar-refractivity contribution in [3.8, 4) is 0 Å². The van der Waals surface area contributed by atoms with E-state index in [0.29, 0.717) is 17.2 Å². The largest absolute Gasteiger partial charge is 0.309 e. The van der Waals surface area contributed by atoms with Crippen molar-refractivity contribution in [2.24, 2.45) is 5.92 Å². The number of fused-ring (bicyclic) bond motifs is 1. The average molecular weight is 296 g/mol. The summed E-state index contributed by atoms with van der Waals surface area (Å²) in [4.78, 5) is 1.39. The van der Waals surface area contributed by atoms with Crippen LogP contribution in [0.3, 0.4) is 0 Å². The normalized spacial score (nSPS) is 22.6. The molecule has 3 heteroatoms. The quantitative estimate of drug-likeness (QED) is 0.789. The zero-order valence-corrected chi connectivity index (χ0v) is 14.0. The van der Waals surface area contributed by atoms with Crippen molar-refractivity contribution < 1.29 is 0 Å². The molecule has 2 atom stereocenters. The molecule has 1 aromatic carbocycles. The van der Waals surface area contributed by atoms with E-state index in [1.165, 1.54) is 22.4 Å². The van der Waals surface area contributed by atoms with Crippen LogP contribution >= 0.6 is 23.5 Å². The fraction of sp³-hybridized carbons (Fsp3) is 0.625. The monoisotopic (exact) mass is 295 g/mol. The number of hydrogen-bond acceptors (Lipinski definition) is 3. The molecule has 2 rings (SSSR count). The molecule has 19 heavy (non-hydrogen) atoms. The Hall–Kier alpha value is -0.120. The molecule has 2 unspecified atom stereocenters. The molecule has 0 aromatic heterocycles. The van der Waals surface area contributed by atoms with Gasteiger partial charge in [-0.25, -0.2) is 0 Å². The van der Waals surface area contributed by atoms with Gasteiger partial charge < -0.3 is 5.32 Å². The second-order valence-electron chi connectivity index (χ2n) is 5.52. The predicted molar refractivity (Wildman–Crippen MR) is 89.2 cm³/mol. The summed E-state index contributed by atoms with van der Waals surface area (Å²) in [5.74, 6) is 1.88. The summed E-state index contributed by atoms with van der Waals surface area (Å²) in [5, 5.41) is 4.47. The molecule has 1 aromatic rings. The number of rotatable bonds is 5. The maximum absolute atomic E-state index is 3.78. The average Bonchev–Trinajstić information content (AvgIpc) is 2.43. The van der Waals surface area contributed by atoms with Gasteiger partial charge in [-0.3, -0.25) is 0 Å². The van der Waals surface area contributed by atoms with Crippen LogP contribution in [0.25, 0.3) is 0 Å². The van der Waals surface area contributed by atoms with Gasteiger partial charge in [0.1, 0.15) is 0 Å². The lowest BCUT2D eigenvalue weighted by Gasteiger charge is -2.36. The van der Waals surface area contributed by atoms with Crippen molar-refractivity contribution in [1.29, 1.82) is 0 Å². The minimum atomic E-state index is 0.515. The van der Waals surface area contributed by atoms with Gasteiger partial charge in [0.15, 0.2) is 0 Å². The van der Waals surface area contributed by atoms with Gasteiger partial charge in [-0.2, -0.15) is 11.8 Å². The van der Waals surface area contributed by atoms with Crippen molar-refractivity contribution in [2.45, 2.75) is 49.1 Å². The standard InChI is InChI=1S/C16H25NS2/c1-5-8-17-15-14-9-13(18-4)7-6-12(14)10-19-16(15)11(2)3/h6-7,9,11,15-17H,5,8,10H2,1-4H3. The molecule has 0 fully saturated rings. The summed E-state index contributed by atoms with van der Waals surface area (Å²) < 4.78 is 0. The van der Waals surface area contributed by atoms with Crippen LogP contribution in [0.4, 0.5) is 0 Å². The van der Waals surface area contributed by atoms with Crippen LogP contribution in [0.2, 0.25) is 0 Å². The molecule has 1 aliphatic heterocycles. The topological polar surface area (TPSA) is 12.0 Å². The smallest absolute Gasteiger partial charge is 0.0446 e. The van der Waals surface area contributed by atoms with Gasteiger partial charge in [0, 0.05) is 21.9 Å². The minimum Gasteiger partial charge on any atom is -0.309 e. The summed E-state index contributed by atoms with van der Waals surface area (Å²) >= 11 is 3.96. The second-order valence-corrected chi connectivity index (χ2v) is 7.56. The highest BCUT2D eigenvalue weighted by molar-refractivity contribution is 7.99. The van der Waals surface area contributed by atoms with Gasteiger partial charge in [-0.05, 0) is 48.4 Å². The van der Waals surface area contributed by atoms with Crippen LogP contribution in [-0.2, 0) is 5.75 Å². The molecule has 0 radical (unpaired) electrons. The van der Waals surface area contributed by atoms with Crippen LogP contribution in [0, 0.1) is 5.92 Å². The Morgan fingerprint density at radius 1 is 1.42 bits per heavy atom. The molecule has 0 aliphatic carbocycles. The number of hydrogen-bond donors (Lipinski definition) is 1. The van der Waals surface area contributed by atoms with Gasteiger partial charge in [0.25, 0.3) is 0 Å². The Balaban J connectivity index is 2.32. The lowest BCUT2D eigenvalue weighted by molar-refractivity contribution is 0.438. The fourth-order valence-corrected chi connectivity index (χ4v) is 4.59. The first-order valence-electron chi connectivity index (χ1n) is 7.19. The maximum Gasteiger partial charge on any atom is 0.0446 e. The first-order chi connectivity index (χ1) is 9.17. The van der Waals surface area contributed by atoms with Crippen LogP contribution < -0.4 is 5.32 Å². The zero-order chi connectivity index (χ0) is 13.8. The van der Waals surface area contributed by atoms with Crippen molar-refractivity contribution in [2.75, 3.05) is 12.8 Å². The number of benzene rings is 1. The van der Waals surface area contributed by atoms with Crippen LogP contribution in [0.1, 0.15) is 44.4 Å². The van der Waals surface area contributed by atoms with Crippen LogP contribution in [0.15, 0.2) is 23.1 Å². The number of nitrogens with one attached hydrogen (secondary N) is 1. The van der Waals surface area contributed by atoms with E-state index in [1.54, 1.807) is 0 Å². The fourth-order valence-electron chi connectivity index (χ4n) is 2.68. The highest BCUT2D eigenvalue weighted by atomic mass is 32.2. The molecule has 0 saturated carbocycles. The van der Waals surface area contributed by atoms with Crippen molar-refractivity contribution >= 4 is 23.5 Å². The molecule has 0 spiro atoms. The maximum atomic E-state index is 3.78. The highest BCUT2D eigenvalue weighted by Crippen LogP contribution is 2.42. The summed E-state index contributed by atoms with van der Waals surface area (Å²) in [6, 6.07) is 7.51. The van der Waals surface area contributed by atoms with E-state index >= 15 is 0 Å². The number of thioether (sulfide) groups is 2. The summed E-state index contributed by atoms with van der Waals surface area (Å²) in [7, 11) is 0. The summed E-state index contributed by atoms with van der Waals surface area (Å²) in [5.41, 5.74) is 3.06. The van der Waals surface area contributed by atoms with Gasteiger partial charge >= 0.3 is 0 Å². The van der Waals surface area contributed by atoms with Crippen molar-refractivity contribution in [3.63, 3.8) is 0 Å². The molecule has 1 aliphatic rings. The Morgan fingerprint density at radius 2 is 2.21 bits per heavy atom. The minimum absolute atomic E-state index is 0.515. The molecule has 0 saturated heterocycles. The van der Waals surface area contributed by atoms with E-state index in [1.807, 2.05) is 11.8 Å². The van der Waals surface area contributed by atoms with E-state index in [2.05, 4.69) is 62.3 Å². The van der Waals surface area contributed by atoms with Crippen LogP contribution in [-0.4, -0.2) is 18.1 Å². The lowest BCUT2D eigenvalue weighted by Crippen LogP contribution is -2.36. The lowest BCUT2D eigenvalue weighted by atomic mass is 9.92. The van der Waals surface area contributed by atoms with Crippen molar-refractivity contribution in [3.05, 3.63) is 29.3 Å². The Labute approximate surface area is 126 Å². The SMILES string of the molecule is CCCNC1c2cc(SC)ccc2CSC1C(C)C. The first-order valence-corrected chi connectivity index (χ1v) is 9.46. The third kappa shape index (κ3) is 3.50. The van der Waals surface area contributed by atoms with E-state index in [0.717, 1.165) is 12.3 Å². The molecule has 0 bridgehead atoms. The molecule has 1 N–H and O–H groups in total. The third-order valence-corrected chi connectivity index (χ3v) is 6.12. The van der Waals surface area contributed by atoms with E-state index in [4.69, 9.17) is 0 Å². The Kier molecular flexibility index (Phi) is 5.67. The van der Waals surface area contributed by atoms with Gasteiger partial charge in [-0.1, -0.05) is 26.8 Å². The second kappa shape index (κ2) is 7.05.